The zero-order valence-corrected chi connectivity index (χ0v) is 14.8. The number of likely N-dealkylation sites (N-methyl/N-ethyl adjacent to an activating group) is 1. The average Bonchev–Trinajstić information content (AvgIpc) is 2.51. The van der Waals surface area contributed by atoms with E-state index in [0.29, 0.717) is 6.54 Å². The largest absolute Gasteiger partial charge is 0.387 e. The second-order valence-corrected chi connectivity index (χ2v) is 6.45. The standard InChI is InChI=1S/C20H26N2O2/c1-14-10-15(2)20(16(3)11-14)21-19(24)13-22(4)12-18(23)17-8-6-5-7-9-17/h5-11,18,23H,12-13H2,1-4H3,(H,21,24). The number of carbonyl (C=O) groups is 1. The molecule has 128 valence electrons. The van der Waals surface area contributed by atoms with Gasteiger partial charge < -0.3 is 10.4 Å². The maximum Gasteiger partial charge on any atom is 0.238 e. The van der Waals surface area contributed by atoms with Crippen molar-refractivity contribution < 1.29 is 9.90 Å². The van der Waals surface area contributed by atoms with Gasteiger partial charge in [0.05, 0.1) is 12.6 Å². The second-order valence-electron chi connectivity index (χ2n) is 6.45. The topological polar surface area (TPSA) is 52.6 Å². The molecule has 4 heteroatoms. The van der Waals surface area contributed by atoms with Crippen LogP contribution in [0.3, 0.4) is 0 Å². The molecule has 0 saturated carbocycles. The van der Waals surface area contributed by atoms with Crippen LogP contribution in [0.2, 0.25) is 0 Å². The van der Waals surface area contributed by atoms with Crippen LogP contribution in [0.25, 0.3) is 0 Å². The zero-order chi connectivity index (χ0) is 17.7. The number of amides is 1. The van der Waals surface area contributed by atoms with Gasteiger partial charge >= 0.3 is 0 Å². The van der Waals surface area contributed by atoms with E-state index in [9.17, 15) is 9.90 Å². The normalized spacial score (nSPS) is 12.2. The van der Waals surface area contributed by atoms with Gasteiger partial charge in [0.2, 0.25) is 5.91 Å². The first-order valence-corrected chi connectivity index (χ1v) is 8.16. The van der Waals surface area contributed by atoms with Gasteiger partial charge in [0.15, 0.2) is 0 Å². The summed E-state index contributed by atoms with van der Waals surface area (Å²) in [6.45, 7) is 6.68. The summed E-state index contributed by atoms with van der Waals surface area (Å²) in [5.74, 6) is -0.0761. The molecule has 1 amide bonds. The Labute approximate surface area is 144 Å². The molecule has 0 spiro atoms. The molecule has 0 aliphatic rings. The van der Waals surface area contributed by atoms with Crippen molar-refractivity contribution in [1.82, 2.24) is 4.90 Å². The highest BCUT2D eigenvalue weighted by atomic mass is 16.3. The Hall–Kier alpha value is -2.17. The lowest BCUT2D eigenvalue weighted by Crippen LogP contribution is -2.33. The van der Waals surface area contributed by atoms with Gasteiger partial charge in [-0.25, -0.2) is 0 Å². The first kappa shape index (κ1) is 18.2. The number of carbonyl (C=O) groups excluding carboxylic acids is 1. The van der Waals surface area contributed by atoms with Gasteiger partial charge in [0.25, 0.3) is 0 Å². The van der Waals surface area contributed by atoms with Crippen molar-refractivity contribution in [3.63, 3.8) is 0 Å². The van der Waals surface area contributed by atoms with E-state index in [0.717, 1.165) is 22.4 Å². The summed E-state index contributed by atoms with van der Waals surface area (Å²) < 4.78 is 0. The summed E-state index contributed by atoms with van der Waals surface area (Å²) in [7, 11) is 1.83. The van der Waals surface area contributed by atoms with E-state index in [1.54, 1.807) is 0 Å². The number of aliphatic hydroxyl groups is 1. The van der Waals surface area contributed by atoms with Gasteiger partial charge in [-0.3, -0.25) is 9.69 Å². The molecular formula is C20H26N2O2. The average molecular weight is 326 g/mol. The van der Waals surface area contributed by atoms with Gasteiger partial charge in [-0.2, -0.15) is 0 Å². The van der Waals surface area contributed by atoms with Crippen LogP contribution in [0.4, 0.5) is 5.69 Å². The fourth-order valence-corrected chi connectivity index (χ4v) is 2.94. The molecule has 4 nitrogen and oxygen atoms in total. The molecule has 0 radical (unpaired) electrons. The number of nitrogens with zero attached hydrogens (tertiary/aromatic N) is 1. The van der Waals surface area contributed by atoms with E-state index in [1.807, 2.05) is 63.1 Å². The SMILES string of the molecule is Cc1cc(C)c(NC(=O)CN(C)CC(O)c2ccccc2)c(C)c1. The van der Waals surface area contributed by atoms with Crippen molar-refractivity contribution in [3.8, 4) is 0 Å². The molecule has 0 aromatic heterocycles. The van der Waals surface area contributed by atoms with Crippen LogP contribution in [0.15, 0.2) is 42.5 Å². The third-order valence-corrected chi connectivity index (χ3v) is 4.02. The van der Waals surface area contributed by atoms with Crippen molar-refractivity contribution in [2.24, 2.45) is 0 Å². The van der Waals surface area contributed by atoms with E-state index < -0.39 is 6.10 Å². The van der Waals surface area contributed by atoms with Crippen LogP contribution in [0.5, 0.6) is 0 Å². The summed E-state index contributed by atoms with van der Waals surface area (Å²) in [5, 5.41) is 13.2. The molecule has 1 unspecified atom stereocenters. The van der Waals surface area contributed by atoms with E-state index in [1.165, 1.54) is 5.56 Å². The number of hydrogen-bond donors (Lipinski definition) is 2. The summed E-state index contributed by atoms with van der Waals surface area (Å²) in [4.78, 5) is 14.1. The minimum Gasteiger partial charge on any atom is -0.387 e. The molecule has 2 N–H and O–H groups in total. The number of aliphatic hydroxyl groups excluding tert-OH is 1. The number of nitrogens with one attached hydrogen (secondary N) is 1. The van der Waals surface area contributed by atoms with Crippen LogP contribution in [0.1, 0.15) is 28.4 Å². The fourth-order valence-electron chi connectivity index (χ4n) is 2.94. The molecule has 0 saturated heterocycles. The molecule has 0 fully saturated rings. The maximum atomic E-state index is 12.3. The molecule has 24 heavy (non-hydrogen) atoms. The van der Waals surface area contributed by atoms with Crippen molar-refractivity contribution in [2.75, 3.05) is 25.5 Å². The molecule has 0 aliphatic heterocycles. The smallest absolute Gasteiger partial charge is 0.238 e. The first-order valence-electron chi connectivity index (χ1n) is 8.16. The number of aryl methyl sites for hydroxylation is 3. The van der Waals surface area contributed by atoms with Crippen LogP contribution in [-0.4, -0.2) is 36.1 Å². The van der Waals surface area contributed by atoms with E-state index in [4.69, 9.17) is 0 Å². The molecule has 1 atom stereocenters. The maximum absolute atomic E-state index is 12.3. The number of anilines is 1. The Morgan fingerprint density at radius 3 is 2.29 bits per heavy atom. The fraction of sp³-hybridized carbons (Fsp3) is 0.350. The van der Waals surface area contributed by atoms with Crippen LogP contribution >= 0.6 is 0 Å². The third-order valence-electron chi connectivity index (χ3n) is 4.02. The number of benzene rings is 2. The molecule has 0 heterocycles. The Kier molecular flexibility index (Phi) is 6.12. The van der Waals surface area contributed by atoms with Crippen LogP contribution in [-0.2, 0) is 4.79 Å². The summed E-state index contributed by atoms with van der Waals surface area (Å²) in [6, 6.07) is 13.6. The predicted molar refractivity (Wildman–Crippen MR) is 98.2 cm³/mol. The molecule has 0 bridgehead atoms. The Bertz CT molecular complexity index is 675. The lowest BCUT2D eigenvalue weighted by atomic mass is 10.1. The molecular weight excluding hydrogens is 300 g/mol. The third kappa shape index (κ3) is 4.91. The van der Waals surface area contributed by atoms with Gasteiger partial charge in [0.1, 0.15) is 0 Å². The quantitative estimate of drug-likeness (QED) is 0.857. The molecule has 2 rings (SSSR count). The summed E-state index contributed by atoms with van der Waals surface area (Å²) in [6.07, 6.45) is -0.605. The summed E-state index contributed by atoms with van der Waals surface area (Å²) in [5.41, 5.74) is 5.05. The van der Waals surface area contributed by atoms with E-state index >= 15 is 0 Å². The second kappa shape index (κ2) is 8.08. The monoisotopic (exact) mass is 326 g/mol. The van der Waals surface area contributed by atoms with Gasteiger partial charge in [-0.05, 0) is 44.5 Å². The van der Waals surface area contributed by atoms with Crippen molar-refractivity contribution in [2.45, 2.75) is 26.9 Å². The Morgan fingerprint density at radius 2 is 1.71 bits per heavy atom. The lowest BCUT2D eigenvalue weighted by Gasteiger charge is -2.21. The van der Waals surface area contributed by atoms with E-state index in [2.05, 4.69) is 17.4 Å². The molecule has 0 aliphatic carbocycles. The molecule has 2 aromatic rings. The predicted octanol–water partition coefficient (Wildman–Crippen LogP) is 3.22. The highest BCUT2D eigenvalue weighted by molar-refractivity contribution is 5.93. The highest BCUT2D eigenvalue weighted by Crippen LogP contribution is 2.22. The summed E-state index contributed by atoms with van der Waals surface area (Å²) >= 11 is 0. The Balaban J connectivity index is 1.93. The van der Waals surface area contributed by atoms with Gasteiger partial charge in [0, 0.05) is 12.2 Å². The minimum absolute atomic E-state index is 0.0761. The highest BCUT2D eigenvalue weighted by Gasteiger charge is 2.14. The first-order chi connectivity index (χ1) is 11.4. The van der Waals surface area contributed by atoms with Crippen molar-refractivity contribution in [1.29, 1.82) is 0 Å². The van der Waals surface area contributed by atoms with Crippen molar-refractivity contribution in [3.05, 3.63) is 64.7 Å². The van der Waals surface area contributed by atoms with Gasteiger partial charge in [-0.15, -0.1) is 0 Å². The lowest BCUT2D eigenvalue weighted by molar-refractivity contribution is -0.117. The molecule has 2 aromatic carbocycles. The van der Waals surface area contributed by atoms with Crippen molar-refractivity contribution >= 4 is 11.6 Å². The van der Waals surface area contributed by atoms with Crippen LogP contribution in [0, 0.1) is 20.8 Å². The van der Waals surface area contributed by atoms with Crippen LogP contribution < -0.4 is 5.32 Å². The Morgan fingerprint density at radius 1 is 1.12 bits per heavy atom. The van der Waals surface area contributed by atoms with E-state index in [-0.39, 0.29) is 12.5 Å². The number of hydrogen-bond acceptors (Lipinski definition) is 3. The number of rotatable bonds is 6. The zero-order valence-electron chi connectivity index (χ0n) is 14.8. The van der Waals surface area contributed by atoms with Gasteiger partial charge in [-0.1, -0.05) is 48.0 Å². The minimum atomic E-state index is -0.605.